The fraction of sp³-hybridized carbons (Fsp3) is 0.500. The molecule has 5 heteroatoms. The number of benzene rings is 1. The van der Waals surface area contributed by atoms with Crippen molar-refractivity contribution in [2.45, 2.75) is 31.7 Å². The zero-order chi connectivity index (χ0) is 12.4. The number of hydrogen-bond donors (Lipinski definition) is 3. The van der Waals surface area contributed by atoms with Crippen molar-refractivity contribution in [3.63, 3.8) is 0 Å². The molecule has 0 amide bonds. The minimum atomic E-state index is -0.979. The van der Waals surface area contributed by atoms with Gasteiger partial charge in [0.25, 0.3) is 0 Å². The number of halogens is 2. The van der Waals surface area contributed by atoms with E-state index in [1.165, 1.54) is 0 Å². The van der Waals surface area contributed by atoms with E-state index in [1.54, 1.807) is 0 Å². The van der Waals surface area contributed by atoms with Crippen molar-refractivity contribution in [3.8, 4) is 11.5 Å². The van der Waals surface area contributed by atoms with E-state index in [1.807, 2.05) is 0 Å². The van der Waals surface area contributed by atoms with Crippen LogP contribution in [0.2, 0.25) is 0 Å². The number of phenols is 2. The zero-order valence-corrected chi connectivity index (χ0v) is 9.34. The molecule has 0 aliphatic carbocycles. The molecule has 0 saturated carbocycles. The lowest BCUT2D eigenvalue weighted by Gasteiger charge is -2.24. The quantitative estimate of drug-likeness (QED) is 0.745. The van der Waals surface area contributed by atoms with Gasteiger partial charge in [0, 0.05) is 17.7 Å². The molecule has 1 atom stereocenters. The summed E-state index contributed by atoms with van der Waals surface area (Å²) in [4.78, 5) is 0. The van der Waals surface area contributed by atoms with Crippen molar-refractivity contribution in [1.29, 1.82) is 0 Å². The lowest BCUT2D eigenvalue weighted by atomic mass is 9.97. The molecule has 1 heterocycles. The van der Waals surface area contributed by atoms with E-state index in [0.717, 1.165) is 25.8 Å². The standard InChI is InChI=1S/C12H15F2NO2/c13-11-8(5-7-3-1-2-4-15-7)12(14)10(17)6-9(11)16/h6-7,15-17H,1-5H2. The average Bonchev–Trinajstić information content (AvgIpc) is 2.33. The number of hydrogen-bond acceptors (Lipinski definition) is 3. The monoisotopic (exact) mass is 243 g/mol. The van der Waals surface area contributed by atoms with Crippen molar-refractivity contribution in [3.05, 3.63) is 23.3 Å². The first-order valence-corrected chi connectivity index (χ1v) is 5.71. The Morgan fingerprint density at radius 1 is 1.18 bits per heavy atom. The van der Waals surface area contributed by atoms with Gasteiger partial charge in [-0.2, -0.15) is 0 Å². The molecule has 1 aromatic carbocycles. The van der Waals surface area contributed by atoms with Gasteiger partial charge in [-0.15, -0.1) is 0 Å². The smallest absolute Gasteiger partial charge is 0.171 e. The fourth-order valence-corrected chi connectivity index (χ4v) is 2.19. The number of aromatic hydroxyl groups is 2. The van der Waals surface area contributed by atoms with Gasteiger partial charge in [-0.3, -0.25) is 0 Å². The van der Waals surface area contributed by atoms with Crippen molar-refractivity contribution >= 4 is 0 Å². The second-order valence-corrected chi connectivity index (χ2v) is 4.37. The van der Waals surface area contributed by atoms with E-state index in [0.29, 0.717) is 6.07 Å². The molecule has 0 spiro atoms. The first-order valence-electron chi connectivity index (χ1n) is 5.71. The van der Waals surface area contributed by atoms with Crippen LogP contribution in [0.15, 0.2) is 6.07 Å². The Morgan fingerprint density at radius 2 is 1.82 bits per heavy atom. The van der Waals surface area contributed by atoms with Gasteiger partial charge in [0.1, 0.15) is 0 Å². The van der Waals surface area contributed by atoms with Gasteiger partial charge in [-0.25, -0.2) is 8.78 Å². The van der Waals surface area contributed by atoms with Crippen LogP contribution in [0.3, 0.4) is 0 Å². The SMILES string of the molecule is Oc1cc(O)c(F)c(CC2CCCCN2)c1F. The molecular weight excluding hydrogens is 228 g/mol. The molecule has 1 aromatic rings. The Labute approximate surface area is 98.1 Å². The molecule has 0 bridgehead atoms. The number of phenolic OH excluding ortho intramolecular Hbond substituents is 2. The highest BCUT2D eigenvalue weighted by molar-refractivity contribution is 5.40. The normalized spacial score (nSPS) is 20.5. The van der Waals surface area contributed by atoms with Gasteiger partial charge in [0.15, 0.2) is 23.1 Å². The molecule has 94 valence electrons. The molecule has 2 rings (SSSR count). The molecule has 1 aliphatic rings. The Bertz CT molecular complexity index is 391. The second-order valence-electron chi connectivity index (χ2n) is 4.37. The van der Waals surface area contributed by atoms with E-state index in [9.17, 15) is 19.0 Å². The molecule has 1 aliphatic heterocycles. The minimum absolute atomic E-state index is 0.00560. The Hall–Kier alpha value is -1.36. The van der Waals surface area contributed by atoms with Gasteiger partial charge in [-0.05, 0) is 25.8 Å². The second kappa shape index (κ2) is 4.87. The number of nitrogens with one attached hydrogen (secondary N) is 1. The van der Waals surface area contributed by atoms with Crippen LogP contribution in [0.1, 0.15) is 24.8 Å². The molecule has 1 saturated heterocycles. The van der Waals surface area contributed by atoms with E-state index in [-0.39, 0.29) is 18.0 Å². The van der Waals surface area contributed by atoms with Crippen LogP contribution >= 0.6 is 0 Å². The molecular formula is C12H15F2NO2. The lowest BCUT2D eigenvalue weighted by molar-refractivity contribution is 0.366. The van der Waals surface area contributed by atoms with E-state index >= 15 is 0 Å². The van der Waals surface area contributed by atoms with Crippen LogP contribution in [0, 0.1) is 11.6 Å². The van der Waals surface area contributed by atoms with Crippen LogP contribution in [0.4, 0.5) is 8.78 Å². The highest BCUT2D eigenvalue weighted by atomic mass is 19.1. The lowest BCUT2D eigenvalue weighted by Crippen LogP contribution is -2.36. The van der Waals surface area contributed by atoms with Crippen molar-refractivity contribution < 1.29 is 19.0 Å². The third-order valence-corrected chi connectivity index (χ3v) is 3.12. The molecule has 1 fully saturated rings. The highest BCUT2D eigenvalue weighted by Crippen LogP contribution is 2.31. The van der Waals surface area contributed by atoms with E-state index in [2.05, 4.69) is 5.32 Å². The molecule has 3 N–H and O–H groups in total. The summed E-state index contributed by atoms with van der Waals surface area (Å²) in [5.74, 6) is -3.38. The summed E-state index contributed by atoms with van der Waals surface area (Å²) in [5, 5.41) is 21.6. The maximum Gasteiger partial charge on any atom is 0.171 e. The number of piperidine rings is 1. The van der Waals surface area contributed by atoms with Crippen LogP contribution < -0.4 is 5.32 Å². The van der Waals surface area contributed by atoms with Gasteiger partial charge in [0.2, 0.25) is 0 Å². The molecule has 1 unspecified atom stereocenters. The fourth-order valence-electron chi connectivity index (χ4n) is 2.19. The maximum absolute atomic E-state index is 13.6. The number of rotatable bonds is 2. The highest BCUT2D eigenvalue weighted by Gasteiger charge is 2.22. The van der Waals surface area contributed by atoms with Crippen LogP contribution in [0.25, 0.3) is 0 Å². The first-order chi connectivity index (χ1) is 8.09. The minimum Gasteiger partial charge on any atom is -0.505 e. The van der Waals surface area contributed by atoms with E-state index < -0.39 is 23.1 Å². The summed E-state index contributed by atoms with van der Waals surface area (Å²) in [6, 6.07) is 0.677. The van der Waals surface area contributed by atoms with Crippen molar-refractivity contribution in [2.24, 2.45) is 0 Å². The summed E-state index contributed by atoms with van der Waals surface area (Å²) in [7, 11) is 0. The molecule has 0 radical (unpaired) electrons. The van der Waals surface area contributed by atoms with Gasteiger partial charge < -0.3 is 15.5 Å². The molecule has 17 heavy (non-hydrogen) atoms. The Kier molecular flexibility index (Phi) is 3.47. The van der Waals surface area contributed by atoms with Crippen LogP contribution in [0.5, 0.6) is 11.5 Å². The summed E-state index contributed by atoms with van der Waals surface area (Å²) < 4.78 is 27.1. The summed E-state index contributed by atoms with van der Waals surface area (Å²) in [6.07, 6.45) is 3.06. The Morgan fingerprint density at radius 3 is 2.35 bits per heavy atom. The predicted molar refractivity (Wildman–Crippen MR) is 59.0 cm³/mol. The van der Waals surface area contributed by atoms with Gasteiger partial charge in [0.05, 0.1) is 0 Å². The van der Waals surface area contributed by atoms with Gasteiger partial charge >= 0.3 is 0 Å². The summed E-state index contributed by atoms with van der Waals surface area (Å²) >= 11 is 0. The Balaban J connectivity index is 2.24. The average molecular weight is 243 g/mol. The van der Waals surface area contributed by atoms with Crippen LogP contribution in [-0.4, -0.2) is 22.8 Å². The largest absolute Gasteiger partial charge is 0.505 e. The van der Waals surface area contributed by atoms with Crippen molar-refractivity contribution in [1.82, 2.24) is 5.32 Å². The third-order valence-electron chi connectivity index (χ3n) is 3.12. The molecule has 0 aromatic heterocycles. The maximum atomic E-state index is 13.6. The van der Waals surface area contributed by atoms with Crippen LogP contribution in [-0.2, 0) is 6.42 Å². The topological polar surface area (TPSA) is 52.5 Å². The van der Waals surface area contributed by atoms with Gasteiger partial charge in [-0.1, -0.05) is 6.42 Å². The molecule has 3 nitrogen and oxygen atoms in total. The third kappa shape index (κ3) is 2.49. The van der Waals surface area contributed by atoms with Crippen molar-refractivity contribution in [2.75, 3.05) is 6.54 Å². The zero-order valence-electron chi connectivity index (χ0n) is 9.34. The summed E-state index contributed by atoms with van der Waals surface area (Å²) in [5.41, 5.74) is -0.248. The predicted octanol–water partition coefficient (Wildman–Crippen LogP) is 2.06. The van der Waals surface area contributed by atoms with E-state index in [4.69, 9.17) is 0 Å². The first kappa shape index (κ1) is 12.1. The summed E-state index contributed by atoms with van der Waals surface area (Å²) in [6.45, 7) is 0.832.